The van der Waals surface area contributed by atoms with Gasteiger partial charge in [0.15, 0.2) is 0 Å². The normalized spacial score (nSPS) is 11.5. The molecule has 0 aliphatic rings. The van der Waals surface area contributed by atoms with Crippen LogP contribution in [-0.2, 0) is 4.79 Å². The lowest BCUT2D eigenvalue weighted by Gasteiger charge is -2.31. The minimum atomic E-state index is -1.20. The highest BCUT2D eigenvalue weighted by atomic mass is 19.1. The molecule has 4 aromatic rings. The molecule has 0 saturated heterocycles. The molecule has 0 unspecified atom stereocenters. The van der Waals surface area contributed by atoms with Crippen molar-refractivity contribution in [1.82, 2.24) is 9.97 Å². The van der Waals surface area contributed by atoms with Crippen molar-refractivity contribution >= 4 is 23.2 Å². The van der Waals surface area contributed by atoms with Crippen LogP contribution >= 0.6 is 0 Å². The molecule has 0 aliphatic carbocycles. The maximum absolute atomic E-state index is 13.8. The van der Waals surface area contributed by atoms with Crippen LogP contribution in [0.5, 0.6) is 0 Å². The number of carbonyl (C=O) groups excluding carboxylic acids is 2. The van der Waals surface area contributed by atoms with E-state index in [0.717, 1.165) is 11.1 Å². The Morgan fingerprint density at radius 1 is 0.857 bits per heavy atom. The first kappa shape index (κ1) is 23.7. The van der Waals surface area contributed by atoms with E-state index in [1.807, 2.05) is 19.9 Å². The predicted octanol–water partition coefficient (Wildman–Crippen LogP) is 5.40. The second-order valence-electron chi connectivity index (χ2n) is 8.06. The van der Waals surface area contributed by atoms with Gasteiger partial charge >= 0.3 is 0 Å². The van der Waals surface area contributed by atoms with Gasteiger partial charge in [-0.3, -0.25) is 19.5 Å². The zero-order chi connectivity index (χ0) is 24.9. The van der Waals surface area contributed by atoms with Crippen molar-refractivity contribution in [3.8, 4) is 0 Å². The van der Waals surface area contributed by atoms with E-state index in [9.17, 15) is 18.4 Å². The molecular formula is C27H22F2N4O2. The van der Waals surface area contributed by atoms with Crippen LogP contribution in [0.15, 0.2) is 85.3 Å². The largest absolute Gasteiger partial charge is 0.324 e. The number of amides is 2. The summed E-state index contributed by atoms with van der Waals surface area (Å²) in [6.07, 6.45) is 4.15. The lowest BCUT2D eigenvalue weighted by Crippen LogP contribution is -2.42. The molecule has 6 nitrogen and oxygen atoms in total. The molecule has 0 fully saturated rings. The van der Waals surface area contributed by atoms with Gasteiger partial charge in [0, 0.05) is 23.8 Å². The van der Waals surface area contributed by atoms with Gasteiger partial charge in [0.05, 0.1) is 6.20 Å². The third-order valence-electron chi connectivity index (χ3n) is 5.29. The SMILES string of the molecule is Cc1cc(C)cc(N(C(=O)c2cnccn2)[C@@H](C(=O)Nc2ccc(F)cc2)c2ccc(F)cc2)c1. The highest BCUT2D eigenvalue weighted by Gasteiger charge is 2.34. The summed E-state index contributed by atoms with van der Waals surface area (Å²) in [5, 5.41) is 2.74. The van der Waals surface area contributed by atoms with Crippen molar-refractivity contribution in [3.63, 3.8) is 0 Å². The summed E-state index contributed by atoms with van der Waals surface area (Å²) in [7, 11) is 0. The van der Waals surface area contributed by atoms with Gasteiger partial charge in [0.2, 0.25) is 0 Å². The molecule has 0 spiro atoms. The van der Waals surface area contributed by atoms with Crippen LogP contribution in [0.25, 0.3) is 0 Å². The Hall–Kier alpha value is -4.46. The first-order valence-corrected chi connectivity index (χ1v) is 10.8. The number of halogens is 2. The van der Waals surface area contributed by atoms with Gasteiger partial charge in [-0.2, -0.15) is 0 Å². The minimum Gasteiger partial charge on any atom is -0.324 e. The molecular weight excluding hydrogens is 450 g/mol. The van der Waals surface area contributed by atoms with Crippen molar-refractivity contribution in [2.75, 3.05) is 10.2 Å². The van der Waals surface area contributed by atoms with E-state index >= 15 is 0 Å². The maximum Gasteiger partial charge on any atom is 0.279 e. The van der Waals surface area contributed by atoms with Crippen molar-refractivity contribution < 1.29 is 18.4 Å². The second kappa shape index (κ2) is 10.2. The average molecular weight is 472 g/mol. The van der Waals surface area contributed by atoms with Gasteiger partial charge in [0.25, 0.3) is 11.8 Å². The summed E-state index contributed by atoms with van der Waals surface area (Å²) in [5.41, 5.74) is 2.98. The number of nitrogens with zero attached hydrogens (tertiary/aromatic N) is 3. The van der Waals surface area contributed by atoms with Crippen LogP contribution in [0.1, 0.15) is 33.2 Å². The van der Waals surface area contributed by atoms with E-state index in [2.05, 4.69) is 15.3 Å². The summed E-state index contributed by atoms with van der Waals surface area (Å²) in [4.78, 5) is 36.9. The number of nitrogens with one attached hydrogen (secondary N) is 1. The molecule has 8 heteroatoms. The van der Waals surface area contributed by atoms with Crippen LogP contribution < -0.4 is 10.2 Å². The summed E-state index contributed by atoms with van der Waals surface area (Å²) >= 11 is 0. The summed E-state index contributed by atoms with van der Waals surface area (Å²) < 4.78 is 27.1. The van der Waals surface area contributed by atoms with Crippen molar-refractivity contribution in [2.24, 2.45) is 0 Å². The van der Waals surface area contributed by atoms with Crippen LogP contribution in [0.4, 0.5) is 20.2 Å². The Balaban J connectivity index is 1.87. The molecule has 35 heavy (non-hydrogen) atoms. The lowest BCUT2D eigenvalue weighted by molar-refractivity contribution is -0.117. The third-order valence-corrected chi connectivity index (χ3v) is 5.29. The van der Waals surface area contributed by atoms with Crippen LogP contribution in [0.3, 0.4) is 0 Å². The first-order chi connectivity index (χ1) is 16.8. The zero-order valence-electron chi connectivity index (χ0n) is 19.1. The molecule has 0 radical (unpaired) electrons. The Labute approximate surface area is 201 Å². The second-order valence-corrected chi connectivity index (χ2v) is 8.06. The molecule has 1 atom stereocenters. The van der Waals surface area contributed by atoms with E-state index in [1.165, 1.54) is 72.0 Å². The topological polar surface area (TPSA) is 75.2 Å². The molecule has 4 rings (SSSR count). The monoisotopic (exact) mass is 472 g/mol. The van der Waals surface area contributed by atoms with E-state index in [1.54, 1.807) is 12.1 Å². The molecule has 1 N–H and O–H groups in total. The Morgan fingerprint density at radius 2 is 1.46 bits per heavy atom. The van der Waals surface area contributed by atoms with Crippen LogP contribution in [-0.4, -0.2) is 21.8 Å². The molecule has 1 aromatic heterocycles. The molecule has 0 bridgehead atoms. The number of aryl methyl sites for hydroxylation is 2. The molecule has 1 heterocycles. The number of hydrogen-bond donors (Lipinski definition) is 1. The Kier molecular flexibility index (Phi) is 6.91. The standard InChI is InChI=1S/C27H22F2N4O2/c1-17-13-18(2)15-23(14-17)33(27(35)24-16-30-11-12-31-24)25(19-3-5-20(28)6-4-19)26(34)32-22-9-7-21(29)8-10-22/h3-16,25H,1-2H3,(H,32,34)/t25-/m1/s1. The van der Waals surface area contributed by atoms with E-state index in [-0.39, 0.29) is 5.69 Å². The van der Waals surface area contributed by atoms with Gasteiger partial charge < -0.3 is 5.32 Å². The fourth-order valence-electron chi connectivity index (χ4n) is 3.81. The van der Waals surface area contributed by atoms with Gasteiger partial charge in [-0.1, -0.05) is 18.2 Å². The predicted molar refractivity (Wildman–Crippen MR) is 129 cm³/mol. The number of benzene rings is 3. The average Bonchev–Trinajstić information content (AvgIpc) is 2.84. The van der Waals surface area contributed by atoms with Crippen LogP contribution in [0, 0.1) is 25.5 Å². The van der Waals surface area contributed by atoms with Crippen LogP contribution in [0.2, 0.25) is 0 Å². The van der Waals surface area contributed by atoms with E-state index in [0.29, 0.717) is 16.9 Å². The first-order valence-electron chi connectivity index (χ1n) is 10.8. The van der Waals surface area contributed by atoms with E-state index < -0.39 is 29.5 Å². The molecule has 2 amide bonds. The fourth-order valence-corrected chi connectivity index (χ4v) is 3.81. The fraction of sp³-hybridized carbons (Fsp3) is 0.111. The highest BCUT2D eigenvalue weighted by molar-refractivity contribution is 6.11. The number of aromatic nitrogens is 2. The van der Waals surface area contributed by atoms with Gasteiger partial charge in [-0.25, -0.2) is 13.8 Å². The maximum atomic E-state index is 13.8. The quantitative estimate of drug-likeness (QED) is 0.408. The van der Waals surface area contributed by atoms with E-state index in [4.69, 9.17) is 0 Å². The smallest absolute Gasteiger partial charge is 0.279 e. The highest BCUT2D eigenvalue weighted by Crippen LogP contribution is 2.32. The number of anilines is 2. The number of hydrogen-bond acceptors (Lipinski definition) is 4. The number of carbonyl (C=O) groups is 2. The molecule has 3 aromatic carbocycles. The minimum absolute atomic E-state index is 0.0355. The van der Waals surface area contributed by atoms with Crippen molar-refractivity contribution in [3.05, 3.63) is 119 Å². The molecule has 176 valence electrons. The summed E-state index contributed by atoms with van der Waals surface area (Å²) in [5.74, 6) is -2.07. The zero-order valence-corrected chi connectivity index (χ0v) is 19.1. The van der Waals surface area contributed by atoms with Gasteiger partial charge in [0.1, 0.15) is 23.4 Å². The van der Waals surface area contributed by atoms with Crippen molar-refractivity contribution in [2.45, 2.75) is 19.9 Å². The molecule has 0 saturated carbocycles. The summed E-state index contributed by atoms with van der Waals surface area (Å²) in [6, 6.07) is 14.9. The number of rotatable bonds is 6. The summed E-state index contributed by atoms with van der Waals surface area (Å²) in [6.45, 7) is 3.76. The molecule has 0 aliphatic heterocycles. The van der Waals surface area contributed by atoms with Gasteiger partial charge in [-0.05, 0) is 79.1 Å². The third kappa shape index (κ3) is 5.55. The van der Waals surface area contributed by atoms with Crippen molar-refractivity contribution in [1.29, 1.82) is 0 Å². The Bertz CT molecular complexity index is 1320. The van der Waals surface area contributed by atoms with Gasteiger partial charge in [-0.15, -0.1) is 0 Å². The Morgan fingerprint density at radius 3 is 2.03 bits per heavy atom. The lowest BCUT2D eigenvalue weighted by atomic mass is 10.0.